The molecule has 1 aromatic carbocycles. The Labute approximate surface area is 130 Å². The van der Waals surface area contributed by atoms with Crippen LogP contribution in [0.3, 0.4) is 0 Å². The lowest BCUT2D eigenvalue weighted by molar-refractivity contribution is -0.130. The maximum Gasteiger partial charge on any atom is 0.227 e. The normalized spacial score (nSPS) is 32.1. The number of hydrogen-bond acceptors (Lipinski definition) is 3. The van der Waals surface area contributed by atoms with Crippen molar-refractivity contribution in [3.63, 3.8) is 0 Å². The highest BCUT2D eigenvalue weighted by atomic mass is 35.5. The molecule has 2 aliphatic heterocycles. The van der Waals surface area contributed by atoms with E-state index in [1.807, 2.05) is 24.3 Å². The van der Waals surface area contributed by atoms with E-state index in [2.05, 4.69) is 17.3 Å². The first-order chi connectivity index (χ1) is 10.1. The van der Waals surface area contributed by atoms with Crippen LogP contribution in [-0.2, 0) is 4.79 Å². The van der Waals surface area contributed by atoms with Crippen LogP contribution in [0.15, 0.2) is 24.3 Å². The molecule has 1 amide bonds. The quantitative estimate of drug-likeness (QED) is 0.840. The van der Waals surface area contributed by atoms with E-state index in [9.17, 15) is 4.79 Å². The first-order valence-electron chi connectivity index (χ1n) is 7.47. The zero-order chi connectivity index (χ0) is 15.0. The van der Waals surface area contributed by atoms with Crippen LogP contribution < -0.4 is 5.32 Å². The second kappa shape index (κ2) is 5.95. The molecule has 2 fully saturated rings. The highest BCUT2D eigenvalue weighted by Crippen LogP contribution is 2.46. The number of carbonyl (C=O) groups excluding carboxylic acids is 1. The first kappa shape index (κ1) is 14.8. The number of aliphatic hydroxyl groups is 1. The number of piperidine rings is 1. The lowest BCUT2D eigenvalue weighted by Crippen LogP contribution is -2.51. The van der Waals surface area contributed by atoms with Gasteiger partial charge in [0.25, 0.3) is 0 Å². The molecule has 0 saturated carbocycles. The molecule has 2 saturated heterocycles. The number of rotatable bonds is 3. The van der Waals surface area contributed by atoms with E-state index in [4.69, 9.17) is 16.7 Å². The van der Waals surface area contributed by atoms with Crippen LogP contribution in [0.4, 0.5) is 0 Å². The van der Waals surface area contributed by atoms with E-state index in [0.29, 0.717) is 11.1 Å². The lowest BCUT2D eigenvalue weighted by Gasteiger charge is -2.42. The van der Waals surface area contributed by atoms with Crippen LogP contribution in [0.2, 0.25) is 5.02 Å². The van der Waals surface area contributed by atoms with Gasteiger partial charge in [-0.15, -0.1) is 0 Å². The average molecular weight is 309 g/mol. The van der Waals surface area contributed by atoms with Crippen molar-refractivity contribution in [2.45, 2.75) is 37.3 Å². The van der Waals surface area contributed by atoms with Crippen LogP contribution >= 0.6 is 11.6 Å². The zero-order valence-corrected chi connectivity index (χ0v) is 12.9. The smallest absolute Gasteiger partial charge is 0.227 e. The maximum absolute atomic E-state index is 12.5. The fraction of sp³-hybridized carbons (Fsp3) is 0.562. The standard InChI is InChI=1S/C16H21ClN2O2/c1-19-12-6-7-14(19)15(16(21)18-9-20)13(8-12)10-2-4-11(17)5-3-10/h2-5,12-15,20H,6-9H2,1H3,(H,18,21)/t12-,13-,14?,15?/m1/s1. The monoisotopic (exact) mass is 308 g/mol. The summed E-state index contributed by atoms with van der Waals surface area (Å²) in [5, 5.41) is 12.3. The predicted molar refractivity (Wildman–Crippen MR) is 82.1 cm³/mol. The number of amides is 1. The van der Waals surface area contributed by atoms with Crippen LogP contribution in [0.25, 0.3) is 0 Å². The van der Waals surface area contributed by atoms with Crippen LogP contribution in [0, 0.1) is 5.92 Å². The first-order valence-corrected chi connectivity index (χ1v) is 7.85. The number of benzene rings is 1. The molecule has 3 rings (SSSR count). The van der Waals surface area contributed by atoms with Gasteiger partial charge in [-0.25, -0.2) is 0 Å². The number of fused-ring (bicyclic) bond motifs is 2. The van der Waals surface area contributed by atoms with Crippen LogP contribution in [0.5, 0.6) is 0 Å². The minimum Gasteiger partial charge on any atom is -0.377 e. The fourth-order valence-corrected chi connectivity index (χ4v) is 4.20. The summed E-state index contributed by atoms with van der Waals surface area (Å²) in [6.45, 7) is -0.303. The number of halogens is 1. The summed E-state index contributed by atoms with van der Waals surface area (Å²) in [5.41, 5.74) is 1.17. The molecule has 4 nitrogen and oxygen atoms in total. The summed E-state index contributed by atoms with van der Waals surface area (Å²) in [4.78, 5) is 14.8. The maximum atomic E-state index is 12.5. The van der Waals surface area contributed by atoms with Crippen molar-refractivity contribution >= 4 is 17.5 Å². The highest BCUT2D eigenvalue weighted by molar-refractivity contribution is 6.30. The minimum absolute atomic E-state index is 0.0466. The van der Waals surface area contributed by atoms with Gasteiger partial charge in [-0.3, -0.25) is 9.69 Å². The van der Waals surface area contributed by atoms with Gasteiger partial charge in [0.1, 0.15) is 6.73 Å². The SMILES string of the molecule is CN1C2CC[C@@H]1C[C@H](c1ccc(Cl)cc1)C2C(=O)NCO. The van der Waals surface area contributed by atoms with Crippen molar-refractivity contribution in [2.75, 3.05) is 13.8 Å². The third kappa shape index (κ3) is 2.68. The predicted octanol–water partition coefficient (Wildman–Crippen LogP) is 1.97. The minimum atomic E-state index is -0.303. The Morgan fingerprint density at radius 1 is 1.38 bits per heavy atom. The van der Waals surface area contributed by atoms with Crippen molar-refractivity contribution in [2.24, 2.45) is 5.92 Å². The molecule has 0 radical (unpaired) electrons. The van der Waals surface area contributed by atoms with Gasteiger partial charge >= 0.3 is 0 Å². The van der Waals surface area contributed by atoms with Gasteiger partial charge in [0.15, 0.2) is 0 Å². The summed E-state index contributed by atoms with van der Waals surface area (Å²) in [6, 6.07) is 8.63. The third-order valence-electron chi connectivity index (χ3n) is 5.12. The Balaban J connectivity index is 1.92. The molecule has 21 heavy (non-hydrogen) atoms. The molecular weight excluding hydrogens is 288 g/mol. The second-order valence-corrected chi connectivity index (χ2v) is 6.52. The number of carbonyl (C=O) groups is 1. The van der Waals surface area contributed by atoms with E-state index in [-0.39, 0.29) is 30.5 Å². The number of aliphatic hydroxyl groups excluding tert-OH is 1. The Kier molecular flexibility index (Phi) is 4.20. The van der Waals surface area contributed by atoms with Crippen molar-refractivity contribution in [3.05, 3.63) is 34.9 Å². The fourth-order valence-electron chi connectivity index (χ4n) is 4.07. The van der Waals surface area contributed by atoms with Crippen molar-refractivity contribution in [1.29, 1.82) is 0 Å². The van der Waals surface area contributed by atoms with Crippen LogP contribution in [0.1, 0.15) is 30.7 Å². The van der Waals surface area contributed by atoms with E-state index >= 15 is 0 Å². The molecule has 4 atom stereocenters. The third-order valence-corrected chi connectivity index (χ3v) is 5.37. The van der Waals surface area contributed by atoms with Gasteiger partial charge < -0.3 is 10.4 Å². The van der Waals surface area contributed by atoms with Gasteiger partial charge in [0, 0.05) is 17.1 Å². The summed E-state index contributed by atoms with van der Waals surface area (Å²) < 4.78 is 0. The molecule has 0 aliphatic carbocycles. The molecule has 5 heteroatoms. The molecule has 114 valence electrons. The number of hydrogen-bond donors (Lipinski definition) is 2. The summed E-state index contributed by atoms with van der Waals surface area (Å²) in [6.07, 6.45) is 3.18. The van der Waals surface area contributed by atoms with Gasteiger partial charge in [0.05, 0.1) is 5.92 Å². The summed E-state index contributed by atoms with van der Waals surface area (Å²) in [5.74, 6) is 0.0410. The van der Waals surface area contributed by atoms with Gasteiger partial charge in [-0.05, 0) is 49.9 Å². The Morgan fingerprint density at radius 2 is 2.10 bits per heavy atom. The van der Waals surface area contributed by atoms with E-state index in [1.165, 1.54) is 5.56 Å². The Hall–Kier alpha value is -1.10. The van der Waals surface area contributed by atoms with Crippen molar-refractivity contribution in [3.8, 4) is 0 Å². The summed E-state index contributed by atoms with van der Waals surface area (Å²) in [7, 11) is 2.11. The van der Waals surface area contributed by atoms with Gasteiger partial charge in [0.2, 0.25) is 5.91 Å². The number of nitrogens with one attached hydrogen (secondary N) is 1. The zero-order valence-electron chi connectivity index (χ0n) is 12.1. The molecule has 2 unspecified atom stereocenters. The molecule has 1 aromatic rings. The number of nitrogens with zero attached hydrogens (tertiary/aromatic N) is 1. The largest absolute Gasteiger partial charge is 0.377 e. The second-order valence-electron chi connectivity index (χ2n) is 6.08. The van der Waals surface area contributed by atoms with Crippen LogP contribution in [-0.4, -0.2) is 41.8 Å². The molecule has 0 spiro atoms. The van der Waals surface area contributed by atoms with Gasteiger partial charge in [-0.2, -0.15) is 0 Å². The molecule has 2 N–H and O–H groups in total. The van der Waals surface area contributed by atoms with Crippen molar-refractivity contribution in [1.82, 2.24) is 10.2 Å². The van der Waals surface area contributed by atoms with E-state index in [1.54, 1.807) is 0 Å². The highest BCUT2D eigenvalue weighted by Gasteiger charge is 2.48. The molecular formula is C16H21ClN2O2. The van der Waals surface area contributed by atoms with Crippen molar-refractivity contribution < 1.29 is 9.90 Å². The van der Waals surface area contributed by atoms with E-state index < -0.39 is 0 Å². The lowest BCUT2D eigenvalue weighted by atomic mass is 9.75. The van der Waals surface area contributed by atoms with E-state index in [0.717, 1.165) is 19.3 Å². The molecule has 2 aliphatic rings. The topological polar surface area (TPSA) is 52.6 Å². The summed E-state index contributed by atoms with van der Waals surface area (Å²) >= 11 is 5.97. The Bertz CT molecular complexity index is 520. The van der Waals surface area contributed by atoms with Gasteiger partial charge in [-0.1, -0.05) is 23.7 Å². The molecule has 2 heterocycles. The Morgan fingerprint density at radius 3 is 2.76 bits per heavy atom. The average Bonchev–Trinajstić information content (AvgIpc) is 2.72. The molecule has 0 aromatic heterocycles. The molecule has 2 bridgehead atoms.